The minimum absolute atomic E-state index is 0.0332. The summed E-state index contributed by atoms with van der Waals surface area (Å²) < 4.78 is 5.66. The molecule has 6 heteroatoms. The average Bonchev–Trinajstić information content (AvgIpc) is 3.21. The molecule has 2 fully saturated rings. The quantitative estimate of drug-likeness (QED) is 0.845. The van der Waals surface area contributed by atoms with Crippen molar-refractivity contribution in [2.24, 2.45) is 0 Å². The number of hydrogen-bond acceptors (Lipinski definition) is 5. The molecule has 3 heterocycles. The van der Waals surface area contributed by atoms with Crippen LogP contribution in [0.25, 0.3) is 0 Å². The Hall–Kier alpha value is -2.60. The third-order valence-corrected chi connectivity index (χ3v) is 6.04. The summed E-state index contributed by atoms with van der Waals surface area (Å²) in [4.78, 5) is 22.0. The van der Waals surface area contributed by atoms with Crippen molar-refractivity contribution in [2.75, 3.05) is 42.6 Å². The number of nitrogens with one attached hydrogen (secondary N) is 1. The monoisotopic (exact) mass is 394 g/mol. The Morgan fingerprint density at radius 2 is 1.90 bits per heavy atom. The van der Waals surface area contributed by atoms with E-state index >= 15 is 0 Å². The number of ether oxygens (including phenoxy) is 1. The Labute approximate surface area is 172 Å². The maximum absolute atomic E-state index is 12.6. The molecule has 6 nitrogen and oxygen atoms in total. The molecule has 1 atom stereocenters. The second-order valence-electron chi connectivity index (χ2n) is 8.11. The summed E-state index contributed by atoms with van der Waals surface area (Å²) in [5.74, 6) is 0.934. The van der Waals surface area contributed by atoms with Gasteiger partial charge >= 0.3 is 0 Å². The number of aryl methyl sites for hydroxylation is 1. The van der Waals surface area contributed by atoms with Gasteiger partial charge in [-0.25, -0.2) is 4.98 Å². The predicted octanol–water partition coefficient (Wildman–Crippen LogP) is 2.90. The summed E-state index contributed by atoms with van der Waals surface area (Å²) in [6, 6.07) is 12.5. The Balaban J connectivity index is 1.40. The number of nitrogens with zero attached hydrogens (tertiary/aromatic N) is 3. The van der Waals surface area contributed by atoms with Gasteiger partial charge in [-0.05, 0) is 44.4 Å². The second kappa shape index (κ2) is 8.41. The van der Waals surface area contributed by atoms with E-state index in [4.69, 9.17) is 4.74 Å². The molecule has 2 aliphatic heterocycles. The van der Waals surface area contributed by atoms with Crippen molar-refractivity contribution in [1.29, 1.82) is 0 Å². The molecule has 4 rings (SSSR count). The first-order valence-electron chi connectivity index (χ1n) is 10.5. The van der Waals surface area contributed by atoms with Crippen LogP contribution < -0.4 is 15.1 Å². The Morgan fingerprint density at radius 1 is 1.14 bits per heavy atom. The number of rotatable bonds is 5. The van der Waals surface area contributed by atoms with Crippen LogP contribution in [0.5, 0.6) is 0 Å². The molecule has 2 saturated heterocycles. The van der Waals surface area contributed by atoms with Gasteiger partial charge in [0.1, 0.15) is 11.4 Å². The SMILES string of the molecule is Cc1ccccc1N1CCN(c2ncccc2CNC(=O)C2(C)CCCO2)CC1. The first kappa shape index (κ1) is 19.7. The summed E-state index contributed by atoms with van der Waals surface area (Å²) >= 11 is 0. The molecule has 0 spiro atoms. The number of carbonyl (C=O) groups excluding carboxylic acids is 1. The predicted molar refractivity (Wildman–Crippen MR) is 115 cm³/mol. The van der Waals surface area contributed by atoms with Gasteiger partial charge in [0.25, 0.3) is 5.91 Å². The highest BCUT2D eigenvalue weighted by Crippen LogP contribution is 2.26. The average molecular weight is 395 g/mol. The molecule has 1 aromatic heterocycles. The number of aromatic nitrogens is 1. The zero-order chi connectivity index (χ0) is 20.3. The fourth-order valence-corrected chi connectivity index (χ4v) is 4.25. The van der Waals surface area contributed by atoms with Crippen molar-refractivity contribution >= 4 is 17.4 Å². The maximum atomic E-state index is 12.6. The maximum Gasteiger partial charge on any atom is 0.252 e. The highest BCUT2D eigenvalue weighted by molar-refractivity contribution is 5.85. The third kappa shape index (κ3) is 4.22. The Kier molecular flexibility index (Phi) is 5.72. The lowest BCUT2D eigenvalue weighted by atomic mass is 10.0. The van der Waals surface area contributed by atoms with Gasteiger partial charge in [-0.2, -0.15) is 0 Å². The number of piperazine rings is 1. The van der Waals surface area contributed by atoms with Crippen LogP contribution in [0, 0.1) is 6.92 Å². The molecular formula is C23H30N4O2. The smallest absolute Gasteiger partial charge is 0.252 e. The van der Waals surface area contributed by atoms with E-state index in [9.17, 15) is 4.79 Å². The molecule has 29 heavy (non-hydrogen) atoms. The lowest BCUT2D eigenvalue weighted by Crippen LogP contribution is -2.47. The van der Waals surface area contributed by atoms with E-state index in [0.29, 0.717) is 13.2 Å². The molecule has 1 unspecified atom stereocenters. The van der Waals surface area contributed by atoms with E-state index in [1.54, 1.807) is 0 Å². The molecule has 0 radical (unpaired) electrons. The van der Waals surface area contributed by atoms with E-state index in [2.05, 4.69) is 51.3 Å². The first-order chi connectivity index (χ1) is 14.1. The van der Waals surface area contributed by atoms with Crippen LogP contribution in [0.2, 0.25) is 0 Å². The van der Waals surface area contributed by atoms with Crippen LogP contribution in [0.1, 0.15) is 30.9 Å². The van der Waals surface area contributed by atoms with Crippen LogP contribution in [0.4, 0.5) is 11.5 Å². The standard InChI is InChI=1S/C23H30N4O2/c1-18-7-3-4-9-20(18)26-12-14-27(15-13-26)21-19(8-5-11-24-21)17-25-22(28)23(2)10-6-16-29-23/h3-5,7-9,11H,6,10,12-17H2,1-2H3,(H,25,28). The van der Waals surface area contributed by atoms with Gasteiger partial charge in [0.15, 0.2) is 0 Å². The molecule has 0 saturated carbocycles. The molecule has 1 N–H and O–H groups in total. The number of para-hydroxylation sites is 1. The van der Waals surface area contributed by atoms with Gasteiger partial charge < -0.3 is 19.9 Å². The van der Waals surface area contributed by atoms with Crippen molar-refractivity contribution in [3.05, 3.63) is 53.7 Å². The van der Waals surface area contributed by atoms with Gasteiger partial charge in [0.2, 0.25) is 0 Å². The van der Waals surface area contributed by atoms with Crippen molar-refractivity contribution < 1.29 is 9.53 Å². The van der Waals surface area contributed by atoms with Crippen molar-refractivity contribution in [1.82, 2.24) is 10.3 Å². The zero-order valence-electron chi connectivity index (χ0n) is 17.4. The summed E-state index contributed by atoms with van der Waals surface area (Å²) in [6.07, 6.45) is 3.54. The first-order valence-corrected chi connectivity index (χ1v) is 10.5. The topological polar surface area (TPSA) is 57.7 Å². The van der Waals surface area contributed by atoms with Crippen molar-refractivity contribution in [2.45, 2.75) is 38.8 Å². The number of amides is 1. The van der Waals surface area contributed by atoms with Crippen LogP contribution >= 0.6 is 0 Å². The van der Waals surface area contributed by atoms with Gasteiger partial charge in [0.05, 0.1) is 0 Å². The van der Waals surface area contributed by atoms with E-state index < -0.39 is 5.60 Å². The molecule has 0 aliphatic carbocycles. The van der Waals surface area contributed by atoms with Crippen LogP contribution in [-0.4, -0.2) is 49.3 Å². The van der Waals surface area contributed by atoms with Gasteiger partial charge in [-0.3, -0.25) is 4.79 Å². The molecule has 154 valence electrons. The lowest BCUT2D eigenvalue weighted by Gasteiger charge is -2.38. The number of carbonyl (C=O) groups is 1. The fourth-order valence-electron chi connectivity index (χ4n) is 4.25. The largest absolute Gasteiger partial charge is 0.368 e. The zero-order valence-corrected chi connectivity index (χ0v) is 17.4. The highest BCUT2D eigenvalue weighted by Gasteiger charge is 2.37. The van der Waals surface area contributed by atoms with E-state index in [-0.39, 0.29) is 5.91 Å². The highest BCUT2D eigenvalue weighted by atomic mass is 16.5. The van der Waals surface area contributed by atoms with E-state index in [0.717, 1.165) is 50.4 Å². The van der Waals surface area contributed by atoms with E-state index in [1.165, 1.54) is 11.3 Å². The molecule has 2 aromatic rings. The Morgan fingerprint density at radius 3 is 2.62 bits per heavy atom. The number of hydrogen-bond donors (Lipinski definition) is 1. The molecule has 0 bridgehead atoms. The molecule has 2 aliphatic rings. The molecular weight excluding hydrogens is 364 g/mol. The normalized spacial score (nSPS) is 22.0. The van der Waals surface area contributed by atoms with Crippen LogP contribution in [-0.2, 0) is 16.1 Å². The second-order valence-corrected chi connectivity index (χ2v) is 8.11. The number of benzene rings is 1. The minimum atomic E-state index is -0.693. The Bertz CT molecular complexity index is 855. The number of pyridine rings is 1. The van der Waals surface area contributed by atoms with E-state index in [1.807, 2.05) is 25.3 Å². The van der Waals surface area contributed by atoms with Gasteiger partial charge in [-0.1, -0.05) is 24.3 Å². The summed E-state index contributed by atoms with van der Waals surface area (Å²) in [5, 5.41) is 3.06. The number of anilines is 2. The van der Waals surface area contributed by atoms with Crippen molar-refractivity contribution in [3.63, 3.8) is 0 Å². The molecule has 1 amide bonds. The minimum Gasteiger partial charge on any atom is -0.368 e. The molecule has 1 aromatic carbocycles. The third-order valence-electron chi connectivity index (χ3n) is 6.04. The summed E-state index contributed by atoms with van der Waals surface area (Å²) in [6.45, 7) is 8.91. The van der Waals surface area contributed by atoms with Gasteiger partial charge in [0, 0.05) is 56.8 Å². The lowest BCUT2D eigenvalue weighted by molar-refractivity contribution is -0.139. The summed E-state index contributed by atoms with van der Waals surface area (Å²) in [7, 11) is 0. The van der Waals surface area contributed by atoms with Gasteiger partial charge in [-0.15, -0.1) is 0 Å². The van der Waals surface area contributed by atoms with Crippen LogP contribution in [0.15, 0.2) is 42.6 Å². The fraction of sp³-hybridized carbons (Fsp3) is 0.478. The van der Waals surface area contributed by atoms with Crippen molar-refractivity contribution in [3.8, 4) is 0 Å². The summed E-state index contributed by atoms with van der Waals surface area (Å²) in [5.41, 5.74) is 2.98. The van der Waals surface area contributed by atoms with Crippen LogP contribution in [0.3, 0.4) is 0 Å².